The summed E-state index contributed by atoms with van der Waals surface area (Å²) in [7, 11) is 1.49. The molecule has 1 aliphatic rings. The van der Waals surface area contributed by atoms with Crippen LogP contribution in [0, 0.1) is 6.92 Å². The van der Waals surface area contributed by atoms with E-state index >= 15 is 0 Å². The molecular weight excluding hydrogens is 398 g/mol. The zero-order valence-corrected chi connectivity index (χ0v) is 17.8. The van der Waals surface area contributed by atoms with Crippen LogP contribution in [0.25, 0.3) is 0 Å². The van der Waals surface area contributed by atoms with Crippen molar-refractivity contribution in [3.8, 4) is 0 Å². The molecule has 0 aliphatic carbocycles. The summed E-state index contributed by atoms with van der Waals surface area (Å²) >= 11 is 0. The fourth-order valence-electron chi connectivity index (χ4n) is 3.20. The maximum atomic E-state index is 12.3. The highest BCUT2D eigenvalue weighted by molar-refractivity contribution is 5.96. The number of nitrogens with zero attached hydrogens (tertiary/aromatic N) is 2. The predicted octanol–water partition coefficient (Wildman–Crippen LogP) is 2.09. The van der Waals surface area contributed by atoms with Crippen molar-refractivity contribution >= 4 is 29.2 Å². The van der Waals surface area contributed by atoms with Gasteiger partial charge in [-0.2, -0.15) is 0 Å². The van der Waals surface area contributed by atoms with Gasteiger partial charge in [-0.25, -0.2) is 4.79 Å². The Labute approximate surface area is 181 Å². The molecule has 31 heavy (non-hydrogen) atoms. The first-order valence-corrected chi connectivity index (χ1v) is 10.1. The summed E-state index contributed by atoms with van der Waals surface area (Å²) in [5.41, 5.74) is 2.90. The van der Waals surface area contributed by atoms with Crippen molar-refractivity contribution < 1.29 is 23.9 Å². The van der Waals surface area contributed by atoms with Crippen LogP contribution in [0.3, 0.4) is 0 Å². The first-order valence-electron chi connectivity index (χ1n) is 10.1. The van der Waals surface area contributed by atoms with Crippen molar-refractivity contribution in [2.75, 3.05) is 56.7 Å². The minimum absolute atomic E-state index is 0.147. The van der Waals surface area contributed by atoms with Crippen LogP contribution >= 0.6 is 0 Å². The Kier molecular flexibility index (Phi) is 7.61. The van der Waals surface area contributed by atoms with E-state index in [0.717, 1.165) is 24.3 Å². The largest absolute Gasteiger partial charge is 0.452 e. The minimum atomic E-state index is -0.565. The SMILES string of the molecule is Cc1ccccc1C(=O)OCC(=O)N(C)CC(=O)Nc1ccc(N2CCOCC2)cc1. The van der Waals surface area contributed by atoms with Crippen LogP contribution in [0.2, 0.25) is 0 Å². The normalized spacial score (nSPS) is 13.4. The molecular formula is C23H27N3O5. The third-order valence-corrected chi connectivity index (χ3v) is 5.03. The molecule has 164 valence electrons. The van der Waals surface area contributed by atoms with Gasteiger partial charge in [0.25, 0.3) is 5.91 Å². The molecule has 1 heterocycles. The number of esters is 1. The average molecular weight is 425 g/mol. The number of ether oxygens (including phenoxy) is 2. The van der Waals surface area contributed by atoms with Crippen molar-refractivity contribution in [2.24, 2.45) is 0 Å². The van der Waals surface area contributed by atoms with E-state index in [4.69, 9.17) is 9.47 Å². The molecule has 0 atom stereocenters. The molecule has 1 N–H and O–H groups in total. The van der Waals surface area contributed by atoms with Crippen LogP contribution in [0.1, 0.15) is 15.9 Å². The van der Waals surface area contributed by atoms with Gasteiger partial charge in [0.1, 0.15) is 0 Å². The molecule has 1 aliphatic heterocycles. The highest BCUT2D eigenvalue weighted by Crippen LogP contribution is 2.19. The number of morpholine rings is 1. The quantitative estimate of drug-likeness (QED) is 0.684. The van der Waals surface area contributed by atoms with Crippen LogP contribution in [0.5, 0.6) is 0 Å². The van der Waals surface area contributed by atoms with Gasteiger partial charge < -0.3 is 24.6 Å². The number of amides is 2. The summed E-state index contributed by atoms with van der Waals surface area (Å²) in [6.07, 6.45) is 0. The van der Waals surface area contributed by atoms with E-state index < -0.39 is 18.5 Å². The standard InChI is InChI=1S/C23H27N3O5/c1-17-5-3-4-6-20(17)23(29)31-16-22(28)25(2)15-21(27)24-18-7-9-19(10-8-18)26-11-13-30-14-12-26/h3-10H,11-16H2,1-2H3,(H,24,27). The number of carbonyl (C=O) groups excluding carboxylic acids is 3. The van der Waals surface area contributed by atoms with Crippen LogP contribution in [-0.2, 0) is 19.1 Å². The molecule has 0 spiro atoms. The predicted molar refractivity (Wildman–Crippen MR) is 117 cm³/mol. The van der Waals surface area contributed by atoms with E-state index in [1.165, 1.54) is 11.9 Å². The number of hydrogen-bond donors (Lipinski definition) is 1. The zero-order chi connectivity index (χ0) is 22.2. The lowest BCUT2D eigenvalue weighted by Crippen LogP contribution is -2.37. The molecule has 8 heteroatoms. The molecule has 0 aromatic heterocycles. The Morgan fingerprint density at radius 3 is 2.42 bits per heavy atom. The number of anilines is 2. The number of rotatable bonds is 7. The fraction of sp³-hybridized carbons (Fsp3) is 0.348. The average Bonchev–Trinajstić information content (AvgIpc) is 2.78. The molecule has 1 saturated heterocycles. The Balaban J connectivity index is 1.44. The molecule has 3 rings (SSSR count). The van der Waals surface area contributed by atoms with Gasteiger partial charge in [-0.05, 0) is 42.8 Å². The zero-order valence-electron chi connectivity index (χ0n) is 17.8. The maximum Gasteiger partial charge on any atom is 0.338 e. The number of hydrogen-bond acceptors (Lipinski definition) is 6. The number of carbonyl (C=O) groups is 3. The topological polar surface area (TPSA) is 88.2 Å². The molecule has 2 aromatic rings. The third kappa shape index (κ3) is 6.29. The highest BCUT2D eigenvalue weighted by Gasteiger charge is 2.17. The monoisotopic (exact) mass is 425 g/mol. The van der Waals surface area contributed by atoms with E-state index in [1.54, 1.807) is 25.1 Å². The summed E-state index contributed by atoms with van der Waals surface area (Å²) in [5, 5.41) is 2.77. The molecule has 8 nitrogen and oxygen atoms in total. The minimum Gasteiger partial charge on any atom is -0.452 e. The van der Waals surface area contributed by atoms with Crippen molar-refractivity contribution in [3.63, 3.8) is 0 Å². The van der Waals surface area contributed by atoms with Gasteiger partial charge in [-0.15, -0.1) is 0 Å². The molecule has 2 amide bonds. The Morgan fingerprint density at radius 1 is 1.06 bits per heavy atom. The van der Waals surface area contributed by atoms with E-state index in [2.05, 4.69) is 10.2 Å². The number of benzene rings is 2. The Morgan fingerprint density at radius 2 is 1.74 bits per heavy atom. The number of aryl methyl sites for hydroxylation is 1. The summed E-state index contributed by atoms with van der Waals surface area (Å²) < 4.78 is 10.4. The first kappa shape index (κ1) is 22.3. The van der Waals surface area contributed by atoms with Crippen molar-refractivity contribution in [1.82, 2.24) is 4.90 Å². The van der Waals surface area contributed by atoms with Crippen molar-refractivity contribution in [1.29, 1.82) is 0 Å². The van der Waals surface area contributed by atoms with E-state index in [1.807, 2.05) is 30.3 Å². The number of likely N-dealkylation sites (N-methyl/N-ethyl adjacent to an activating group) is 1. The van der Waals surface area contributed by atoms with E-state index in [0.29, 0.717) is 24.5 Å². The Hall–Kier alpha value is -3.39. The second-order valence-corrected chi connectivity index (χ2v) is 7.34. The third-order valence-electron chi connectivity index (χ3n) is 5.03. The maximum absolute atomic E-state index is 12.3. The lowest BCUT2D eigenvalue weighted by Gasteiger charge is -2.28. The van der Waals surface area contributed by atoms with Crippen molar-refractivity contribution in [3.05, 3.63) is 59.7 Å². The van der Waals surface area contributed by atoms with Crippen LogP contribution in [-0.4, -0.2) is 69.2 Å². The van der Waals surface area contributed by atoms with Crippen molar-refractivity contribution in [2.45, 2.75) is 6.92 Å². The van der Waals surface area contributed by atoms with E-state index in [9.17, 15) is 14.4 Å². The molecule has 0 unspecified atom stereocenters. The summed E-state index contributed by atoms with van der Waals surface area (Å²) in [4.78, 5) is 40.1. The van der Waals surface area contributed by atoms with Gasteiger partial charge in [-0.1, -0.05) is 18.2 Å². The van der Waals surface area contributed by atoms with Gasteiger partial charge in [0.05, 0.1) is 25.3 Å². The molecule has 0 bridgehead atoms. The summed E-state index contributed by atoms with van der Waals surface area (Å²) in [5.74, 6) is -1.36. The lowest BCUT2D eigenvalue weighted by atomic mass is 10.1. The van der Waals surface area contributed by atoms with Gasteiger partial charge in [0, 0.05) is 31.5 Å². The van der Waals surface area contributed by atoms with Gasteiger partial charge in [-0.3, -0.25) is 9.59 Å². The molecule has 2 aromatic carbocycles. The van der Waals surface area contributed by atoms with Gasteiger partial charge in [0.2, 0.25) is 5.91 Å². The molecule has 0 saturated carbocycles. The second kappa shape index (κ2) is 10.6. The van der Waals surface area contributed by atoms with Crippen LogP contribution < -0.4 is 10.2 Å². The Bertz CT molecular complexity index is 923. The molecule has 1 fully saturated rings. The highest BCUT2D eigenvalue weighted by atomic mass is 16.5. The van der Waals surface area contributed by atoms with E-state index in [-0.39, 0.29) is 12.5 Å². The van der Waals surface area contributed by atoms with Gasteiger partial charge >= 0.3 is 5.97 Å². The summed E-state index contributed by atoms with van der Waals surface area (Å²) in [6.45, 7) is 4.32. The van der Waals surface area contributed by atoms with Crippen LogP contribution in [0.15, 0.2) is 48.5 Å². The fourth-order valence-corrected chi connectivity index (χ4v) is 3.20. The smallest absolute Gasteiger partial charge is 0.338 e. The summed E-state index contributed by atoms with van der Waals surface area (Å²) in [6, 6.07) is 14.5. The van der Waals surface area contributed by atoms with Crippen LogP contribution in [0.4, 0.5) is 11.4 Å². The number of nitrogens with one attached hydrogen (secondary N) is 1. The van der Waals surface area contributed by atoms with Gasteiger partial charge in [0.15, 0.2) is 6.61 Å². The second-order valence-electron chi connectivity index (χ2n) is 7.34. The first-order chi connectivity index (χ1) is 14.9. The lowest BCUT2D eigenvalue weighted by molar-refractivity contribution is -0.136. The molecule has 0 radical (unpaired) electrons.